The fourth-order valence-electron chi connectivity index (χ4n) is 4.21. The van der Waals surface area contributed by atoms with E-state index in [2.05, 4.69) is 15.5 Å². The van der Waals surface area contributed by atoms with Gasteiger partial charge in [-0.3, -0.25) is 9.36 Å². The molecule has 0 aliphatic rings. The highest BCUT2D eigenvalue weighted by atomic mass is 35.5. The maximum atomic E-state index is 13.2. The number of carbonyl (C=O) groups is 1. The fraction of sp³-hybridized carbons (Fsp3) is 0.129. The SMILES string of the molecule is C[C@H](Oc1ccc(Cl)cc1)c1nnc(SCC(=O)NC(c2ccccc2)c2ccccc2)n1-c1ccccc1. The van der Waals surface area contributed by atoms with Crippen LogP contribution in [0.25, 0.3) is 5.69 Å². The van der Waals surface area contributed by atoms with Gasteiger partial charge in [-0.25, -0.2) is 0 Å². The van der Waals surface area contributed by atoms with Crippen molar-refractivity contribution in [2.24, 2.45) is 0 Å². The Labute approximate surface area is 237 Å². The van der Waals surface area contributed by atoms with E-state index in [4.69, 9.17) is 16.3 Å². The molecule has 1 aromatic heterocycles. The maximum Gasteiger partial charge on any atom is 0.231 e. The van der Waals surface area contributed by atoms with E-state index in [1.807, 2.05) is 115 Å². The highest BCUT2D eigenvalue weighted by Crippen LogP contribution is 2.29. The van der Waals surface area contributed by atoms with Gasteiger partial charge in [0.2, 0.25) is 5.91 Å². The molecular weight excluding hydrogens is 528 g/mol. The number of thioether (sulfide) groups is 1. The number of ether oxygens (including phenoxy) is 1. The van der Waals surface area contributed by atoms with E-state index in [0.717, 1.165) is 16.8 Å². The molecule has 0 spiro atoms. The van der Waals surface area contributed by atoms with Crippen molar-refractivity contribution in [2.45, 2.75) is 24.2 Å². The van der Waals surface area contributed by atoms with E-state index in [0.29, 0.717) is 21.8 Å². The van der Waals surface area contributed by atoms with Gasteiger partial charge in [-0.15, -0.1) is 10.2 Å². The average Bonchev–Trinajstić information content (AvgIpc) is 3.41. The summed E-state index contributed by atoms with van der Waals surface area (Å²) in [7, 11) is 0. The Balaban J connectivity index is 1.35. The number of aromatic nitrogens is 3. The van der Waals surface area contributed by atoms with Crippen molar-refractivity contribution < 1.29 is 9.53 Å². The lowest BCUT2D eigenvalue weighted by Crippen LogP contribution is -2.30. The van der Waals surface area contributed by atoms with Crippen molar-refractivity contribution in [3.8, 4) is 11.4 Å². The Bertz CT molecular complexity index is 1460. The summed E-state index contributed by atoms with van der Waals surface area (Å²) in [5.74, 6) is 1.38. The Morgan fingerprint density at radius 1 is 0.846 bits per heavy atom. The molecule has 39 heavy (non-hydrogen) atoms. The summed E-state index contributed by atoms with van der Waals surface area (Å²) < 4.78 is 8.07. The van der Waals surface area contributed by atoms with Crippen molar-refractivity contribution in [1.29, 1.82) is 0 Å². The second kappa shape index (κ2) is 12.7. The number of hydrogen-bond acceptors (Lipinski definition) is 5. The molecule has 0 saturated carbocycles. The molecule has 5 aromatic rings. The summed E-state index contributed by atoms with van der Waals surface area (Å²) in [5, 5.41) is 13.3. The second-order valence-electron chi connectivity index (χ2n) is 8.84. The number of hydrogen-bond donors (Lipinski definition) is 1. The molecule has 1 amide bonds. The molecule has 1 N–H and O–H groups in total. The minimum absolute atomic E-state index is 0.104. The number of nitrogens with zero attached hydrogens (tertiary/aromatic N) is 3. The molecule has 0 saturated heterocycles. The predicted octanol–water partition coefficient (Wildman–Crippen LogP) is 7.06. The van der Waals surface area contributed by atoms with Crippen molar-refractivity contribution in [3.63, 3.8) is 0 Å². The van der Waals surface area contributed by atoms with Crippen LogP contribution < -0.4 is 10.1 Å². The van der Waals surface area contributed by atoms with Crippen molar-refractivity contribution in [2.75, 3.05) is 5.75 Å². The molecule has 196 valence electrons. The van der Waals surface area contributed by atoms with Gasteiger partial charge in [0, 0.05) is 10.7 Å². The summed E-state index contributed by atoms with van der Waals surface area (Å²) in [4.78, 5) is 13.2. The van der Waals surface area contributed by atoms with E-state index in [-0.39, 0.29) is 17.7 Å². The van der Waals surface area contributed by atoms with Gasteiger partial charge < -0.3 is 10.1 Å². The number of amides is 1. The third-order valence-corrected chi connectivity index (χ3v) is 7.25. The highest BCUT2D eigenvalue weighted by molar-refractivity contribution is 7.99. The zero-order valence-corrected chi connectivity index (χ0v) is 22.8. The number of benzene rings is 4. The first-order chi connectivity index (χ1) is 19.1. The normalized spacial score (nSPS) is 11.8. The standard InChI is InChI=1S/C31H27ClN4O2S/c1-22(38-27-19-17-25(32)18-20-27)30-34-35-31(36(30)26-15-9-4-10-16-26)39-21-28(37)33-29(23-11-5-2-6-12-23)24-13-7-3-8-14-24/h2-20,22,29H,21H2,1H3,(H,33,37)/t22-/m0/s1. The van der Waals surface area contributed by atoms with Crippen molar-refractivity contribution in [1.82, 2.24) is 20.1 Å². The number of halogens is 1. The van der Waals surface area contributed by atoms with Gasteiger partial charge in [0.05, 0.1) is 11.8 Å². The van der Waals surface area contributed by atoms with E-state index >= 15 is 0 Å². The van der Waals surface area contributed by atoms with Gasteiger partial charge >= 0.3 is 0 Å². The average molecular weight is 555 g/mol. The van der Waals surface area contributed by atoms with Gasteiger partial charge in [0.15, 0.2) is 17.1 Å². The smallest absolute Gasteiger partial charge is 0.231 e. The third kappa shape index (κ3) is 6.69. The molecule has 0 unspecified atom stereocenters. The van der Waals surface area contributed by atoms with Crippen LogP contribution in [0, 0.1) is 0 Å². The summed E-state index contributed by atoms with van der Waals surface area (Å²) in [6.07, 6.45) is -0.400. The van der Waals surface area contributed by atoms with Gasteiger partial charge in [0.1, 0.15) is 5.75 Å². The van der Waals surface area contributed by atoms with E-state index < -0.39 is 6.10 Å². The van der Waals surface area contributed by atoms with Crippen LogP contribution in [0.3, 0.4) is 0 Å². The number of rotatable bonds is 10. The quantitative estimate of drug-likeness (QED) is 0.187. The summed E-state index contributed by atoms with van der Waals surface area (Å²) in [6, 6.07) is 36.7. The van der Waals surface area contributed by atoms with Gasteiger partial charge in [0.25, 0.3) is 0 Å². The number of carbonyl (C=O) groups excluding carboxylic acids is 1. The summed E-state index contributed by atoms with van der Waals surface area (Å²) >= 11 is 7.35. The topological polar surface area (TPSA) is 69.0 Å². The third-order valence-electron chi connectivity index (χ3n) is 6.07. The molecule has 4 aromatic carbocycles. The molecule has 8 heteroatoms. The van der Waals surface area contributed by atoms with E-state index in [1.165, 1.54) is 11.8 Å². The van der Waals surface area contributed by atoms with Gasteiger partial charge in [-0.2, -0.15) is 0 Å². The Morgan fingerprint density at radius 2 is 1.41 bits per heavy atom. The lowest BCUT2D eigenvalue weighted by Gasteiger charge is -2.20. The Hall–Kier alpha value is -4.07. The van der Waals surface area contributed by atoms with E-state index in [1.54, 1.807) is 12.1 Å². The van der Waals surface area contributed by atoms with Crippen LogP contribution in [0.5, 0.6) is 5.75 Å². The molecule has 5 rings (SSSR count). The first-order valence-electron chi connectivity index (χ1n) is 12.5. The molecule has 0 fully saturated rings. The highest BCUT2D eigenvalue weighted by Gasteiger charge is 2.23. The van der Waals surface area contributed by atoms with Crippen LogP contribution >= 0.6 is 23.4 Å². The van der Waals surface area contributed by atoms with Crippen molar-refractivity contribution >= 4 is 29.3 Å². The van der Waals surface area contributed by atoms with Crippen LogP contribution in [-0.2, 0) is 4.79 Å². The van der Waals surface area contributed by atoms with Crippen LogP contribution in [-0.4, -0.2) is 26.4 Å². The van der Waals surface area contributed by atoms with Gasteiger partial charge in [-0.1, -0.05) is 102 Å². The van der Waals surface area contributed by atoms with Crippen LogP contribution in [0.4, 0.5) is 0 Å². The zero-order chi connectivity index (χ0) is 27.0. The monoisotopic (exact) mass is 554 g/mol. The predicted molar refractivity (Wildman–Crippen MR) is 155 cm³/mol. The lowest BCUT2D eigenvalue weighted by molar-refractivity contribution is -0.119. The Kier molecular flexibility index (Phi) is 8.61. The lowest BCUT2D eigenvalue weighted by atomic mass is 9.99. The molecule has 0 radical (unpaired) electrons. The van der Waals surface area contributed by atoms with Crippen LogP contribution in [0.15, 0.2) is 120 Å². The summed E-state index contributed by atoms with van der Waals surface area (Å²) in [5.41, 5.74) is 2.92. The molecule has 6 nitrogen and oxygen atoms in total. The minimum atomic E-state index is -0.400. The molecule has 1 heterocycles. The molecule has 0 aliphatic carbocycles. The minimum Gasteiger partial charge on any atom is -0.483 e. The molecular formula is C31H27ClN4O2S. The first kappa shape index (κ1) is 26.5. The summed E-state index contributed by atoms with van der Waals surface area (Å²) in [6.45, 7) is 1.92. The second-order valence-corrected chi connectivity index (χ2v) is 10.2. The van der Waals surface area contributed by atoms with Crippen molar-refractivity contribution in [3.05, 3.63) is 137 Å². The molecule has 0 bridgehead atoms. The largest absolute Gasteiger partial charge is 0.483 e. The van der Waals surface area contributed by atoms with Crippen LogP contribution in [0.2, 0.25) is 5.02 Å². The number of nitrogens with one attached hydrogen (secondary N) is 1. The van der Waals surface area contributed by atoms with Gasteiger partial charge in [-0.05, 0) is 54.4 Å². The first-order valence-corrected chi connectivity index (χ1v) is 13.9. The fourth-order valence-corrected chi connectivity index (χ4v) is 5.11. The molecule has 1 atom stereocenters. The maximum absolute atomic E-state index is 13.2. The molecule has 0 aliphatic heterocycles. The Morgan fingerprint density at radius 3 is 2.00 bits per heavy atom. The van der Waals surface area contributed by atoms with E-state index in [9.17, 15) is 4.79 Å². The number of para-hydroxylation sites is 1. The van der Waals surface area contributed by atoms with Crippen LogP contribution in [0.1, 0.15) is 36.0 Å². The zero-order valence-electron chi connectivity index (χ0n) is 21.3.